The first kappa shape index (κ1) is 13.6. The number of hydrogen-bond acceptors (Lipinski definition) is 4. The van der Waals surface area contributed by atoms with Crippen LogP contribution in [-0.4, -0.2) is 22.0 Å². The van der Waals surface area contributed by atoms with Crippen LogP contribution in [0, 0.1) is 0 Å². The van der Waals surface area contributed by atoms with Gasteiger partial charge in [-0.05, 0) is 44.0 Å². The van der Waals surface area contributed by atoms with Crippen molar-refractivity contribution in [3.8, 4) is 0 Å². The van der Waals surface area contributed by atoms with Crippen molar-refractivity contribution >= 4 is 34.1 Å². The summed E-state index contributed by atoms with van der Waals surface area (Å²) in [5.41, 5.74) is 2.01. The third kappa shape index (κ3) is 3.12. The number of ether oxygens (including phenoxy) is 1. The number of thioether (sulfide) groups is 1. The molecule has 0 amide bonds. The van der Waals surface area contributed by atoms with E-state index < -0.39 is 0 Å². The van der Waals surface area contributed by atoms with E-state index in [-0.39, 0.29) is 11.0 Å². The van der Waals surface area contributed by atoms with Crippen LogP contribution in [0.2, 0.25) is 0 Å². The van der Waals surface area contributed by atoms with E-state index >= 15 is 0 Å². The van der Waals surface area contributed by atoms with E-state index in [1.54, 1.807) is 0 Å². The second-order valence-corrected chi connectivity index (χ2v) is 6.01. The van der Waals surface area contributed by atoms with Gasteiger partial charge in [-0.2, -0.15) is 0 Å². The molecule has 0 bridgehead atoms. The largest absolute Gasteiger partial charge is 0.479 e. The molecule has 2 nitrogen and oxygen atoms in total. The van der Waals surface area contributed by atoms with Crippen molar-refractivity contribution in [3.05, 3.63) is 35.4 Å². The molecule has 0 radical (unpaired) electrons. The van der Waals surface area contributed by atoms with Gasteiger partial charge in [-0.1, -0.05) is 36.0 Å². The third-order valence-electron chi connectivity index (χ3n) is 2.99. The first-order valence-electron chi connectivity index (χ1n) is 6.18. The molecule has 0 heterocycles. The van der Waals surface area contributed by atoms with Crippen molar-refractivity contribution < 1.29 is 9.53 Å². The Morgan fingerprint density at radius 2 is 2.28 bits per heavy atom. The summed E-state index contributed by atoms with van der Waals surface area (Å²) in [5, 5.41) is -0.0901. The number of rotatable bonds is 2. The molecule has 0 aromatic heterocycles. The minimum absolute atomic E-state index is 0.0901. The van der Waals surface area contributed by atoms with Crippen LogP contribution in [-0.2, 0) is 11.2 Å². The summed E-state index contributed by atoms with van der Waals surface area (Å²) in [6.07, 6.45) is 2.86. The molecule has 1 aliphatic carbocycles. The minimum atomic E-state index is -0.0901. The van der Waals surface area contributed by atoms with Gasteiger partial charge in [0.25, 0.3) is 0 Å². The second kappa shape index (κ2) is 6.34. The Bertz CT molecular complexity index is 457. The van der Waals surface area contributed by atoms with Crippen LogP contribution in [0.3, 0.4) is 0 Å². The van der Waals surface area contributed by atoms with E-state index in [9.17, 15) is 4.79 Å². The Hall–Kier alpha value is -0.870. The molecule has 0 N–H and O–H groups in total. The van der Waals surface area contributed by atoms with Gasteiger partial charge in [0.05, 0.1) is 11.9 Å². The molecule has 18 heavy (non-hydrogen) atoms. The van der Waals surface area contributed by atoms with Gasteiger partial charge in [-0.15, -0.1) is 0 Å². The van der Waals surface area contributed by atoms with Gasteiger partial charge in [0.2, 0.25) is 4.38 Å². The molecule has 0 aliphatic heterocycles. The number of carbonyl (C=O) groups is 1. The van der Waals surface area contributed by atoms with Crippen molar-refractivity contribution in [2.75, 3.05) is 6.61 Å². The lowest BCUT2D eigenvalue weighted by molar-refractivity contribution is 0.0988. The third-order valence-corrected chi connectivity index (χ3v) is 4.44. The maximum atomic E-state index is 12.4. The first-order chi connectivity index (χ1) is 8.72. The molecule has 1 unspecified atom stereocenters. The Balaban J connectivity index is 2.15. The van der Waals surface area contributed by atoms with Crippen molar-refractivity contribution in [3.63, 3.8) is 0 Å². The molecule has 0 saturated heterocycles. The van der Waals surface area contributed by atoms with Gasteiger partial charge in [0, 0.05) is 5.56 Å². The van der Waals surface area contributed by atoms with Crippen LogP contribution >= 0.6 is 24.0 Å². The molecule has 0 fully saturated rings. The Kier molecular flexibility index (Phi) is 4.78. The van der Waals surface area contributed by atoms with Crippen LogP contribution in [0.1, 0.15) is 35.7 Å². The highest BCUT2D eigenvalue weighted by Crippen LogP contribution is 2.29. The van der Waals surface area contributed by atoms with Crippen molar-refractivity contribution in [2.24, 2.45) is 0 Å². The lowest BCUT2D eigenvalue weighted by atomic mass is 10.0. The van der Waals surface area contributed by atoms with Crippen LogP contribution in [0.5, 0.6) is 0 Å². The van der Waals surface area contributed by atoms with Gasteiger partial charge in [-0.25, -0.2) is 0 Å². The zero-order valence-corrected chi connectivity index (χ0v) is 12.0. The topological polar surface area (TPSA) is 26.3 Å². The average Bonchev–Trinajstić information content (AvgIpc) is 2.51. The summed E-state index contributed by atoms with van der Waals surface area (Å²) in [7, 11) is 0. The molecule has 4 heteroatoms. The maximum absolute atomic E-state index is 12.4. The molecule has 0 spiro atoms. The zero-order valence-electron chi connectivity index (χ0n) is 10.3. The molecule has 1 aromatic rings. The minimum Gasteiger partial charge on any atom is -0.479 e. The average molecular weight is 280 g/mol. The number of carbonyl (C=O) groups excluding carboxylic acids is 1. The predicted octanol–water partition coefficient (Wildman–Crippen LogP) is 3.63. The lowest BCUT2D eigenvalue weighted by Crippen LogP contribution is -2.19. The van der Waals surface area contributed by atoms with E-state index in [1.807, 2.05) is 31.2 Å². The number of Topliss-reactive ketones (excluding diaryl/α,β-unsaturated/α-hetero) is 1. The van der Waals surface area contributed by atoms with Crippen molar-refractivity contribution in [1.82, 2.24) is 0 Å². The zero-order chi connectivity index (χ0) is 13.0. The molecular formula is C14H16O2S2. The van der Waals surface area contributed by atoms with Crippen molar-refractivity contribution in [1.29, 1.82) is 0 Å². The number of thiocarbonyl (C=S) groups is 1. The number of fused-ring (bicyclic) bond motifs is 1. The summed E-state index contributed by atoms with van der Waals surface area (Å²) in [5.74, 6) is 0.190. The van der Waals surface area contributed by atoms with Crippen LogP contribution in [0.15, 0.2) is 24.3 Å². The van der Waals surface area contributed by atoms with E-state index in [0.29, 0.717) is 11.0 Å². The normalized spacial score (nSPS) is 18.9. The fraction of sp³-hybridized carbons (Fsp3) is 0.429. The van der Waals surface area contributed by atoms with E-state index in [4.69, 9.17) is 17.0 Å². The Morgan fingerprint density at radius 1 is 1.50 bits per heavy atom. The first-order valence-corrected chi connectivity index (χ1v) is 7.46. The number of hydrogen-bond donors (Lipinski definition) is 0. The predicted molar refractivity (Wildman–Crippen MR) is 79.3 cm³/mol. The monoisotopic (exact) mass is 280 g/mol. The standard InChI is InChI=1S/C14H16O2S2/c1-2-16-14(17)18-12-9-5-7-10-6-3-4-8-11(10)13(12)15/h3-4,6,8,12H,2,5,7,9H2,1H3. The number of ketones is 1. The van der Waals surface area contributed by atoms with Gasteiger partial charge in [-0.3, -0.25) is 4.79 Å². The fourth-order valence-corrected chi connectivity index (χ4v) is 3.54. The quantitative estimate of drug-likeness (QED) is 0.610. The highest BCUT2D eigenvalue weighted by Gasteiger charge is 2.27. The molecule has 2 rings (SSSR count). The molecular weight excluding hydrogens is 264 g/mol. The van der Waals surface area contributed by atoms with Gasteiger partial charge in [0.1, 0.15) is 0 Å². The Labute approximate surface area is 117 Å². The van der Waals surface area contributed by atoms with E-state index in [0.717, 1.165) is 30.4 Å². The molecule has 1 aliphatic rings. The van der Waals surface area contributed by atoms with E-state index in [1.165, 1.54) is 11.8 Å². The highest BCUT2D eigenvalue weighted by atomic mass is 32.2. The summed E-state index contributed by atoms with van der Waals surface area (Å²) < 4.78 is 5.75. The molecule has 1 aromatic carbocycles. The summed E-state index contributed by atoms with van der Waals surface area (Å²) in [4.78, 5) is 12.4. The lowest BCUT2D eigenvalue weighted by Gasteiger charge is -2.13. The van der Waals surface area contributed by atoms with Gasteiger partial charge in [0.15, 0.2) is 5.78 Å². The van der Waals surface area contributed by atoms with Gasteiger partial charge < -0.3 is 4.74 Å². The number of benzene rings is 1. The number of aryl methyl sites for hydroxylation is 1. The highest BCUT2D eigenvalue weighted by molar-refractivity contribution is 8.23. The Morgan fingerprint density at radius 3 is 3.06 bits per heavy atom. The maximum Gasteiger partial charge on any atom is 0.220 e. The van der Waals surface area contributed by atoms with Crippen molar-refractivity contribution in [2.45, 2.75) is 31.4 Å². The molecule has 0 saturated carbocycles. The van der Waals surface area contributed by atoms with Crippen LogP contribution in [0.25, 0.3) is 0 Å². The SMILES string of the molecule is CCOC(=S)SC1CCCc2ccccc2C1=O. The smallest absolute Gasteiger partial charge is 0.220 e. The summed E-state index contributed by atoms with van der Waals surface area (Å²) >= 11 is 6.51. The summed E-state index contributed by atoms with van der Waals surface area (Å²) in [6, 6.07) is 7.87. The summed E-state index contributed by atoms with van der Waals surface area (Å²) in [6.45, 7) is 2.46. The van der Waals surface area contributed by atoms with Gasteiger partial charge >= 0.3 is 0 Å². The van der Waals surface area contributed by atoms with E-state index in [2.05, 4.69) is 0 Å². The fourth-order valence-electron chi connectivity index (χ4n) is 2.14. The second-order valence-electron chi connectivity index (χ2n) is 4.20. The van der Waals surface area contributed by atoms with Crippen LogP contribution in [0.4, 0.5) is 0 Å². The molecule has 1 atom stereocenters. The van der Waals surface area contributed by atoms with Crippen LogP contribution < -0.4 is 0 Å². The molecule has 96 valence electrons.